The fraction of sp³-hybridized carbons (Fsp3) is 0.462. The average molecular weight is 296 g/mol. The molecule has 0 unspecified atom stereocenters. The fourth-order valence-corrected chi connectivity index (χ4v) is 2.37. The SMILES string of the molecule is O=C(c1ccc2c(c1)CCC2)C(C(F)(F)F)C(F)(F)F. The number of alkyl halides is 6. The van der Waals surface area contributed by atoms with Crippen molar-refractivity contribution in [2.45, 2.75) is 31.6 Å². The molecule has 0 fully saturated rings. The molecule has 0 spiro atoms. The molecule has 0 atom stereocenters. The molecule has 0 saturated carbocycles. The van der Waals surface area contributed by atoms with Crippen LogP contribution in [-0.4, -0.2) is 18.1 Å². The van der Waals surface area contributed by atoms with Crippen molar-refractivity contribution in [3.8, 4) is 0 Å². The molecule has 0 saturated heterocycles. The fourth-order valence-electron chi connectivity index (χ4n) is 2.37. The maximum absolute atomic E-state index is 12.5. The molecule has 20 heavy (non-hydrogen) atoms. The second-order valence-corrected chi connectivity index (χ2v) is 4.72. The van der Waals surface area contributed by atoms with Crippen LogP contribution in [0.5, 0.6) is 0 Å². The Morgan fingerprint density at radius 1 is 0.950 bits per heavy atom. The molecule has 110 valence electrons. The van der Waals surface area contributed by atoms with Crippen molar-refractivity contribution in [2.75, 3.05) is 0 Å². The molecule has 0 bridgehead atoms. The first-order chi connectivity index (χ1) is 9.10. The van der Waals surface area contributed by atoms with Gasteiger partial charge in [0.05, 0.1) is 0 Å². The predicted molar refractivity (Wildman–Crippen MR) is 58.4 cm³/mol. The van der Waals surface area contributed by atoms with Crippen molar-refractivity contribution >= 4 is 5.78 Å². The van der Waals surface area contributed by atoms with Gasteiger partial charge in [-0.05, 0) is 36.5 Å². The minimum atomic E-state index is -5.64. The molecule has 0 amide bonds. The Labute approximate surface area is 110 Å². The number of benzene rings is 1. The molecule has 1 nitrogen and oxygen atoms in total. The maximum Gasteiger partial charge on any atom is 0.407 e. The summed E-state index contributed by atoms with van der Waals surface area (Å²) in [7, 11) is 0. The van der Waals surface area contributed by atoms with E-state index in [9.17, 15) is 31.1 Å². The summed E-state index contributed by atoms with van der Waals surface area (Å²) >= 11 is 0. The van der Waals surface area contributed by atoms with Gasteiger partial charge >= 0.3 is 12.4 Å². The summed E-state index contributed by atoms with van der Waals surface area (Å²) < 4.78 is 74.9. The number of ketones is 1. The van der Waals surface area contributed by atoms with Crippen molar-refractivity contribution in [2.24, 2.45) is 5.92 Å². The van der Waals surface area contributed by atoms with E-state index in [1.54, 1.807) is 0 Å². The van der Waals surface area contributed by atoms with Gasteiger partial charge in [0.25, 0.3) is 0 Å². The van der Waals surface area contributed by atoms with Crippen LogP contribution in [0, 0.1) is 5.92 Å². The Kier molecular flexibility index (Phi) is 3.56. The van der Waals surface area contributed by atoms with Gasteiger partial charge in [0.1, 0.15) is 0 Å². The van der Waals surface area contributed by atoms with Crippen LogP contribution in [-0.2, 0) is 12.8 Å². The molecule has 0 radical (unpaired) electrons. The Morgan fingerprint density at radius 2 is 1.50 bits per heavy atom. The van der Waals surface area contributed by atoms with Crippen molar-refractivity contribution in [1.82, 2.24) is 0 Å². The number of carbonyl (C=O) groups is 1. The number of aryl methyl sites for hydroxylation is 2. The smallest absolute Gasteiger partial charge is 0.293 e. The van der Waals surface area contributed by atoms with Gasteiger partial charge in [-0.3, -0.25) is 4.79 Å². The lowest BCUT2D eigenvalue weighted by Gasteiger charge is -2.22. The van der Waals surface area contributed by atoms with E-state index in [1.165, 1.54) is 6.07 Å². The molecule has 0 aromatic heterocycles. The molecular weight excluding hydrogens is 286 g/mol. The summed E-state index contributed by atoms with van der Waals surface area (Å²) in [6.45, 7) is 0. The summed E-state index contributed by atoms with van der Waals surface area (Å²) in [5.41, 5.74) is 0.987. The molecule has 1 aromatic rings. The van der Waals surface area contributed by atoms with E-state index >= 15 is 0 Å². The normalized spacial score (nSPS) is 15.6. The van der Waals surface area contributed by atoms with Gasteiger partial charge in [0.2, 0.25) is 5.92 Å². The first-order valence-electron chi connectivity index (χ1n) is 5.90. The van der Waals surface area contributed by atoms with E-state index in [0.717, 1.165) is 30.5 Å². The van der Waals surface area contributed by atoms with E-state index in [1.807, 2.05) is 0 Å². The van der Waals surface area contributed by atoms with Crippen LogP contribution >= 0.6 is 0 Å². The van der Waals surface area contributed by atoms with E-state index in [2.05, 4.69) is 0 Å². The number of rotatable bonds is 2. The van der Waals surface area contributed by atoms with Crippen molar-refractivity contribution in [1.29, 1.82) is 0 Å². The number of Topliss-reactive ketones (excluding diaryl/α,β-unsaturated/α-hetero) is 1. The highest BCUT2D eigenvalue weighted by Crippen LogP contribution is 2.41. The van der Waals surface area contributed by atoms with E-state index < -0.39 is 29.6 Å². The van der Waals surface area contributed by atoms with E-state index in [-0.39, 0.29) is 0 Å². The van der Waals surface area contributed by atoms with E-state index in [0.29, 0.717) is 12.0 Å². The molecule has 7 heteroatoms. The Balaban J connectivity index is 2.38. The third-order valence-corrected chi connectivity index (χ3v) is 3.30. The van der Waals surface area contributed by atoms with Gasteiger partial charge in [-0.15, -0.1) is 0 Å². The van der Waals surface area contributed by atoms with Crippen LogP contribution in [0.25, 0.3) is 0 Å². The van der Waals surface area contributed by atoms with Crippen molar-refractivity contribution in [3.05, 3.63) is 34.9 Å². The number of halogens is 6. The Hall–Kier alpha value is -1.53. The summed E-state index contributed by atoms with van der Waals surface area (Å²) in [5, 5.41) is 0. The summed E-state index contributed by atoms with van der Waals surface area (Å²) in [5.74, 6) is -5.91. The molecule has 0 N–H and O–H groups in total. The van der Waals surface area contributed by atoms with Crippen LogP contribution in [0.2, 0.25) is 0 Å². The zero-order valence-electron chi connectivity index (χ0n) is 10.1. The van der Waals surface area contributed by atoms with Crippen LogP contribution in [0.4, 0.5) is 26.3 Å². The zero-order valence-corrected chi connectivity index (χ0v) is 10.1. The molecule has 0 heterocycles. The highest BCUT2D eigenvalue weighted by Gasteiger charge is 2.60. The van der Waals surface area contributed by atoms with Gasteiger partial charge in [0.15, 0.2) is 5.78 Å². The minimum Gasteiger partial charge on any atom is -0.293 e. The van der Waals surface area contributed by atoms with Gasteiger partial charge in [-0.1, -0.05) is 12.1 Å². The lowest BCUT2D eigenvalue weighted by molar-refractivity contribution is -0.264. The van der Waals surface area contributed by atoms with Crippen LogP contribution in [0.3, 0.4) is 0 Å². The Bertz CT molecular complexity index is 515. The lowest BCUT2D eigenvalue weighted by atomic mass is 9.94. The molecule has 1 aliphatic carbocycles. The topological polar surface area (TPSA) is 17.1 Å². The summed E-state index contributed by atoms with van der Waals surface area (Å²) in [6, 6.07) is 3.62. The number of fused-ring (bicyclic) bond motifs is 1. The number of hydrogen-bond acceptors (Lipinski definition) is 1. The van der Waals surface area contributed by atoms with Gasteiger partial charge in [0, 0.05) is 5.56 Å². The van der Waals surface area contributed by atoms with Crippen LogP contribution in [0.15, 0.2) is 18.2 Å². The quantitative estimate of drug-likeness (QED) is 0.593. The molecule has 1 aromatic carbocycles. The number of hydrogen-bond donors (Lipinski definition) is 0. The largest absolute Gasteiger partial charge is 0.407 e. The second kappa shape index (κ2) is 4.79. The molecular formula is C13H10F6O. The van der Waals surface area contributed by atoms with Crippen molar-refractivity contribution in [3.63, 3.8) is 0 Å². The third-order valence-electron chi connectivity index (χ3n) is 3.30. The molecule has 2 rings (SSSR count). The lowest BCUT2D eigenvalue weighted by Crippen LogP contribution is -2.42. The predicted octanol–water partition coefficient (Wildman–Crippen LogP) is 4.10. The molecule has 0 aliphatic heterocycles. The third kappa shape index (κ3) is 2.81. The summed E-state index contributed by atoms with van der Waals surface area (Å²) in [4.78, 5) is 11.6. The molecule has 1 aliphatic rings. The zero-order chi connectivity index (χ0) is 15.1. The van der Waals surface area contributed by atoms with Crippen LogP contribution in [0.1, 0.15) is 27.9 Å². The van der Waals surface area contributed by atoms with Crippen LogP contribution < -0.4 is 0 Å². The van der Waals surface area contributed by atoms with Gasteiger partial charge in [-0.2, -0.15) is 26.3 Å². The monoisotopic (exact) mass is 296 g/mol. The second-order valence-electron chi connectivity index (χ2n) is 4.72. The minimum absolute atomic E-state index is 0.537. The Morgan fingerprint density at radius 3 is 2.05 bits per heavy atom. The standard InChI is InChI=1S/C13H10F6O/c14-12(15,16)11(13(17,18)19)10(20)9-5-4-7-2-1-3-8(7)6-9/h4-6,11H,1-3H2. The van der Waals surface area contributed by atoms with E-state index in [4.69, 9.17) is 0 Å². The highest BCUT2D eigenvalue weighted by atomic mass is 19.4. The first-order valence-corrected chi connectivity index (χ1v) is 5.90. The first kappa shape index (κ1) is 14.9. The maximum atomic E-state index is 12.5. The highest BCUT2D eigenvalue weighted by molar-refractivity contribution is 5.99. The van der Waals surface area contributed by atoms with Crippen molar-refractivity contribution < 1.29 is 31.1 Å². The summed E-state index contributed by atoms with van der Waals surface area (Å²) in [6.07, 6.45) is -9.21. The van der Waals surface area contributed by atoms with Gasteiger partial charge < -0.3 is 0 Å². The average Bonchev–Trinajstić information content (AvgIpc) is 2.71. The number of carbonyl (C=O) groups excluding carboxylic acids is 1. The van der Waals surface area contributed by atoms with Gasteiger partial charge in [-0.25, -0.2) is 0 Å².